The Morgan fingerprint density at radius 2 is 1.84 bits per heavy atom. The van der Waals surface area contributed by atoms with Gasteiger partial charge < -0.3 is 14.1 Å². The number of hydrogen-bond donors (Lipinski definition) is 0. The van der Waals surface area contributed by atoms with Gasteiger partial charge in [0.1, 0.15) is 17.3 Å². The molecule has 1 fully saturated rings. The van der Waals surface area contributed by atoms with Crippen LogP contribution < -0.4 is 4.74 Å². The maximum atomic E-state index is 12.3. The first kappa shape index (κ1) is 17.0. The van der Waals surface area contributed by atoms with Crippen molar-refractivity contribution < 1.29 is 18.9 Å². The van der Waals surface area contributed by atoms with Gasteiger partial charge in [-0.1, -0.05) is 18.2 Å². The highest BCUT2D eigenvalue weighted by molar-refractivity contribution is 5.91. The van der Waals surface area contributed by atoms with Gasteiger partial charge >= 0.3 is 5.88 Å². The zero-order chi connectivity index (χ0) is 17.6. The van der Waals surface area contributed by atoms with E-state index in [1.165, 1.54) is 12.1 Å². The van der Waals surface area contributed by atoms with Crippen molar-refractivity contribution in [3.8, 4) is 5.75 Å². The second-order valence-corrected chi connectivity index (χ2v) is 5.69. The molecule has 8 heteroatoms. The summed E-state index contributed by atoms with van der Waals surface area (Å²) in [6, 6.07) is 12.2. The Kier molecular flexibility index (Phi) is 5.30. The highest BCUT2D eigenvalue weighted by atomic mass is 16.6. The van der Waals surface area contributed by atoms with Crippen LogP contribution >= 0.6 is 0 Å². The minimum Gasteiger partial charge on any atom is -0.492 e. The summed E-state index contributed by atoms with van der Waals surface area (Å²) in [4.78, 5) is 26.2. The lowest BCUT2D eigenvalue weighted by molar-refractivity contribution is -0.402. The van der Waals surface area contributed by atoms with E-state index in [2.05, 4.69) is 4.90 Å². The molecule has 8 nitrogen and oxygen atoms in total. The molecule has 0 bridgehead atoms. The molecule has 1 aliphatic rings. The van der Waals surface area contributed by atoms with Crippen molar-refractivity contribution in [2.45, 2.75) is 0 Å². The van der Waals surface area contributed by atoms with Gasteiger partial charge in [0.2, 0.25) is 0 Å². The van der Waals surface area contributed by atoms with Gasteiger partial charge in [-0.05, 0) is 18.2 Å². The number of hydrogen-bond acceptors (Lipinski definition) is 6. The number of nitrogens with zero attached hydrogens (tertiary/aromatic N) is 3. The fourth-order valence-electron chi connectivity index (χ4n) is 2.68. The molecule has 132 valence electrons. The van der Waals surface area contributed by atoms with E-state index in [1.54, 1.807) is 4.90 Å². The average Bonchev–Trinajstić information content (AvgIpc) is 3.13. The summed E-state index contributed by atoms with van der Waals surface area (Å²) >= 11 is 0. The molecular formula is C17H19N3O5. The van der Waals surface area contributed by atoms with Crippen LogP contribution in [0.5, 0.6) is 5.75 Å². The molecule has 0 spiro atoms. The summed E-state index contributed by atoms with van der Waals surface area (Å²) in [5, 5.41) is 10.6. The van der Waals surface area contributed by atoms with Crippen LogP contribution in [-0.4, -0.2) is 60.0 Å². The molecule has 0 unspecified atom stereocenters. The van der Waals surface area contributed by atoms with Gasteiger partial charge in [0.15, 0.2) is 5.76 Å². The Hall–Kier alpha value is -2.87. The Balaban J connectivity index is 1.43. The van der Waals surface area contributed by atoms with Gasteiger partial charge in [-0.2, -0.15) is 0 Å². The van der Waals surface area contributed by atoms with Crippen molar-refractivity contribution >= 4 is 11.8 Å². The summed E-state index contributed by atoms with van der Waals surface area (Å²) in [6.07, 6.45) is 0. The number of carbonyl (C=O) groups excluding carboxylic acids is 1. The number of amides is 1. The van der Waals surface area contributed by atoms with E-state index >= 15 is 0 Å². The van der Waals surface area contributed by atoms with Crippen molar-refractivity contribution in [2.75, 3.05) is 39.3 Å². The van der Waals surface area contributed by atoms with Gasteiger partial charge in [-0.25, -0.2) is 0 Å². The monoisotopic (exact) mass is 345 g/mol. The molecule has 1 aromatic heterocycles. The normalized spacial score (nSPS) is 15.1. The van der Waals surface area contributed by atoms with Gasteiger partial charge in [-0.15, -0.1) is 0 Å². The van der Waals surface area contributed by atoms with Crippen molar-refractivity contribution in [3.63, 3.8) is 0 Å². The maximum Gasteiger partial charge on any atom is 0.433 e. The maximum absolute atomic E-state index is 12.3. The number of rotatable bonds is 6. The van der Waals surface area contributed by atoms with Crippen LogP contribution in [0.2, 0.25) is 0 Å². The zero-order valence-electron chi connectivity index (χ0n) is 13.7. The fraction of sp³-hybridized carbons (Fsp3) is 0.353. The van der Waals surface area contributed by atoms with Crippen molar-refractivity contribution in [3.05, 3.63) is 58.3 Å². The molecule has 0 saturated carbocycles. The lowest BCUT2D eigenvalue weighted by Gasteiger charge is -2.34. The summed E-state index contributed by atoms with van der Waals surface area (Å²) in [7, 11) is 0. The molecule has 0 aliphatic carbocycles. The van der Waals surface area contributed by atoms with Gasteiger partial charge in [-0.3, -0.25) is 19.8 Å². The summed E-state index contributed by atoms with van der Waals surface area (Å²) in [6.45, 7) is 3.93. The van der Waals surface area contributed by atoms with E-state index in [9.17, 15) is 14.9 Å². The number of furan rings is 1. The third-order valence-corrected chi connectivity index (χ3v) is 4.06. The quantitative estimate of drug-likeness (QED) is 0.588. The molecule has 1 aliphatic heterocycles. The molecule has 0 radical (unpaired) electrons. The van der Waals surface area contributed by atoms with Crippen LogP contribution in [0, 0.1) is 10.1 Å². The van der Waals surface area contributed by atoms with Gasteiger partial charge in [0.05, 0.1) is 6.07 Å². The summed E-state index contributed by atoms with van der Waals surface area (Å²) < 4.78 is 10.7. The van der Waals surface area contributed by atoms with E-state index in [0.717, 1.165) is 25.4 Å². The van der Waals surface area contributed by atoms with Crippen molar-refractivity contribution in [1.82, 2.24) is 9.80 Å². The van der Waals surface area contributed by atoms with Gasteiger partial charge in [0, 0.05) is 32.7 Å². The van der Waals surface area contributed by atoms with E-state index < -0.39 is 10.8 Å². The zero-order valence-corrected chi connectivity index (χ0v) is 13.7. The molecule has 0 atom stereocenters. The van der Waals surface area contributed by atoms with Crippen LogP contribution in [0.25, 0.3) is 0 Å². The number of piperazine rings is 1. The topological polar surface area (TPSA) is 89.1 Å². The molecule has 3 rings (SSSR count). The lowest BCUT2D eigenvalue weighted by atomic mass is 10.3. The third kappa shape index (κ3) is 4.36. The smallest absolute Gasteiger partial charge is 0.433 e. The van der Waals surface area contributed by atoms with Crippen LogP contribution in [0.1, 0.15) is 10.6 Å². The van der Waals surface area contributed by atoms with Crippen LogP contribution in [0.15, 0.2) is 46.9 Å². The Bertz CT molecular complexity index is 723. The molecule has 0 N–H and O–H groups in total. The van der Waals surface area contributed by atoms with E-state index in [0.29, 0.717) is 19.7 Å². The van der Waals surface area contributed by atoms with Crippen LogP contribution in [-0.2, 0) is 0 Å². The number of para-hydroxylation sites is 1. The standard InChI is InChI=1S/C17H19N3O5/c21-17(15-6-7-16(25-15)20(22)23)19-10-8-18(9-11-19)12-13-24-14-4-2-1-3-5-14/h1-7H,8-13H2. The molecule has 1 saturated heterocycles. The number of benzene rings is 1. The van der Waals surface area contributed by atoms with Crippen LogP contribution in [0.3, 0.4) is 0 Å². The first-order chi connectivity index (χ1) is 12.1. The molecule has 2 heterocycles. The largest absolute Gasteiger partial charge is 0.492 e. The first-order valence-electron chi connectivity index (χ1n) is 8.07. The predicted molar refractivity (Wildman–Crippen MR) is 89.6 cm³/mol. The third-order valence-electron chi connectivity index (χ3n) is 4.06. The van der Waals surface area contributed by atoms with Crippen molar-refractivity contribution in [2.24, 2.45) is 0 Å². The fourth-order valence-corrected chi connectivity index (χ4v) is 2.68. The highest BCUT2D eigenvalue weighted by Gasteiger charge is 2.25. The molecular weight excluding hydrogens is 326 g/mol. The molecule has 2 aromatic rings. The Morgan fingerprint density at radius 3 is 2.48 bits per heavy atom. The number of nitro groups is 1. The molecule has 25 heavy (non-hydrogen) atoms. The number of carbonyl (C=O) groups is 1. The van der Waals surface area contributed by atoms with E-state index in [4.69, 9.17) is 9.15 Å². The average molecular weight is 345 g/mol. The number of ether oxygens (including phenoxy) is 1. The minimum atomic E-state index is -0.651. The second kappa shape index (κ2) is 7.80. The second-order valence-electron chi connectivity index (χ2n) is 5.69. The summed E-state index contributed by atoms with van der Waals surface area (Å²) in [5.41, 5.74) is 0. The van der Waals surface area contributed by atoms with Crippen molar-refractivity contribution in [1.29, 1.82) is 0 Å². The first-order valence-corrected chi connectivity index (χ1v) is 8.07. The van der Waals surface area contributed by atoms with Gasteiger partial charge in [0.25, 0.3) is 5.91 Å². The SMILES string of the molecule is O=C(c1ccc([N+](=O)[O-])o1)N1CCN(CCOc2ccccc2)CC1. The van der Waals surface area contributed by atoms with Crippen LogP contribution in [0.4, 0.5) is 5.88 Å². The summed E-state index contributed by atoms with van der Waals surface area (Å²) in [5.74, 6) is 0.122. The highest BCUT2D eigenvalue weighted by Crippen LogP contribution is 2.18. The van der Waals surface area contributed by atoms with E-state index in [-0.39, 0.29) is 11.7 Å². The predicted octanol–water partition coefficient (Wildman–Crippen LogP) is 2.02. The Labute approximate surface area is 144 Å². The molecule has 1 aromatic carbocycles. The minimum absolute atomic E-state index is 0.00700. The lowest BCUT2D eigenvalue weighted by Crippen LogP contribution is -2.49. The Morgan fingerprint density at radius 1 is 1.12 bits per heavy atom. The molecule has 1 amide bonds. The van der Waals surface area contributed by atoms with E-state index in [1.807, 2.05) is 30.3 Å².